The van der Waals surface area contributed by atoms with Gasteiger partial charge in [0.05, 0.1) is 6.33 Å². The maximum absolute atomic E-state index is 3.95. The Balaban J connectivity index is 0.00000112. The highest BCUT2D eigenvalue weighted by molar-refractivity contribution is 5.85. The molecule has 1 aromatic carbocycles. The molecule has 0 atom stereocenters. The quantitative estimate of drug-likeness (QED) is 0.834. The molecule has 80 valence electrons. The van der Waals surface area contributed by atoms with Crippen LogP contribution in [0, 0.1) is 0 Å². The normalized spacial score (nSPS) is 9.60. The summed E-state index contributed by atoms with van der Waals surface area (Å²) in [6.45, 7) is 1.72. The Hall–Kier alpha value is -1.32. The van der Waals surface area contributed by atoms with Crippen molar-refractivity contribution >= 4 is 12.4 Å². The lowest BCUT2D eigenvalue weighted by Crippen LogP contribution is -2.12. The zero-order chi connectivity index (χ0) is 9.64. The lowest BCUT2D eigenvalue weighted by molar-refractivity contribution is 0.682. The molecule has 1 heterocycles. The van der Waals surface area contributed by atoms with Gasteiger partial charge in [-0.05, 0) is 5.56 Å². The van der Waals surface area contributed by atoms with E-state index in [0.717, 1.165) is 18.8 Å². The van der Waals surface area contributed by atoms with Gasteiger partial charge in [-0.2, -0.15) is 0 Å². The van der Waals surface area contributed by atoms with E-state index in [9.17, 15) is 0 Å². The van der Waals surface area contributed by atoms with Gasteiger partial charge in [0.25, 0.3) is 0 Å². The largest absolute Gasteiger partial charge is 0.347 e. The van der Waals surface area contributed by atoms with Crippen molar-refractivity contribution in [1.29, 1.82) is 0 Å². The first-order valence-corrected chi connectivity index (χ1v) is 4.67. The molecule has 4 heteroatoms. The summed E-state index contributed by atoms with van der Waals surface area (Å²) in [4.78, 5) is 7.00. The predicted octanol–water partition coefficient (Wildman–Crippen LogP) is 2.12. The average Bonchev–Trinajstić information content (AvgIpc) is 2.72. The molecule has 2 aromatic rings. The van der Waals surface area contributed by atoms with E-state index in [0.29, 0.717) is 0 Å². The van der Waals surface area contributed by atoms with Crippen molar-refractivity contribution in [3.63, 3.8) is 0 Å². The van der Waals surface area contributed by atoms with Gasteiger partial charge in [0.2, 0.25) is 0 Å². The van der Waals surface area contributed by atoms with Crippen LogP contribution in [-0.4, -0.2) is 9.97 Å². The van der Waals surface area contributed by atoms with Crippen molar-refractivity contribution < 1.29 is 0 Å². The molecule has 0 saturated carbocycles. The topological polar surface area (TPSA) is 40.7 Å². The van der Waals surface area contributed by atoms with Gasteiger partial charge < -0.3 is 10.3 Å². The molecule has 15 heavy (non-hydrogen) atoms. The van der Waals surface area contributed by atoms with Crippen LogP contribution in [0.3, 0.4) is 0 Å². The molecule has 0 radical (unpaired) electrons. The first-order chi connectivity index (χ1) is 6.95. The lowest BCUT2D eigenvalue weighted by atomic mass is 10.2. The third-order valence-electron chi connectivity index (χ3n) is 2.04. The van der Waals surface area contributed by atoms with Crippen LogP contribution in [-0.2, 0) is 13.1 Å². The van der Waals surface area contributed by atoms with E-state index in [1.165, 1.54) is 5.56 Å². The maximum Gasteiger partial charge on any atom is 0.0922 e. The number of aromatic nitrogens is 2. The van der Waals surface area contributed by atoms with E-state index < -0.39 is 0 Å². The maximum atomic E-state index is 3.95. The minimum absolute atomic E-state index is 0. The SMILES string of the molecule is Cl.c1ccc(CNCc2cnc[nH]2)cc1. The number of nitrogens with zero attached hydrogens (tertiary/aromatic N) is 1. The molecule has 1 aromatic heterocycles. The van der Waals surface area contributed by atoms with E-state index in [-0.39, 0.29) is 12.4 Å². The third kappa shape index (κ3) is 3.73. The highest BCUT2D eigenvalue weighted by Gasteiger charge is 1.93. The van der Waals surface area contributed by atoms with Crippen LogP contribution in [0.4, 0.5) is 0 Å². The van der Waals surface area contributed by atoms with Crippen molar-refractivity contribution in [3.05, 3.63) is 54.1 Å². The fourth-order valence-electron chi connectivity index (χ4n) is 1.32. The molecule has 3 nitrogen and oxygen atoms in total. The first-order valence-electron chi connectivity index (χ1n) is 4.67. The van der Waals surface area contributed by atoms with Gasteiger partial charge in [-0.3, -0.25) is 0 Å². The molecular formula is C11H14ClN3. The van der Waals surface area contributed by atoms with E-state index in [4.69, 9.17) is 0 Å². The minimum Gasteiger partial charge on any atom is -0.347 e. The Morgan fingerprint density at radius 3 is 2.60 bits per heavy atom. The summed E-state index contributed by atoms with van der Waals surface area (Å²) in [5, 5.41) is 3.33. The second-order valence-electron chi connectivity index (χ2n) is 3.17. The van der Waals surface area contributed by atoms with Crippen molar-refractivity contribution in [2.75, 3.05) is 0 Å². The van der Waals surface area contributed by atoms with Gasteiger partial charge in [-0.25, -0.2) is 4.98 Å². The van der Waals surface area contributed by atoms with Gasteiger partial charge in [0.15, 0.2) is 0 Å². The number of hydrogen-bond donors (Lipinski definition) is 2. The van der Waals surface area contributed by atoms with E-state index in [1.807, 2.05) is 24.4 Å². The van der Waals surface area contributed by atoms with E-state index in [2.05, 4.69) is 27.4 Å². The summed E-state index contributed by atoms with van der Waals surface area (Å²) in [5.74, 6) is 0. The highest BCUT2D eigenvalue weighted by atomic mass is 35.5. The summed E-state index contributed by atoms with van der Waals surface area (Å²) >= 11 is 0. The molecule has 0 fully saturated rings. The third-order valence-corrected chi connectivity index (χ3v) is 2.04. The lowest BCUT2D eigenvalue weighted by Gasteiger charge is -2.02. The molecule has 2 N–H and O–H groups in total. The molecule has 0 spiro atoms. The average molecular weight is 224 g/mol. The predicted molar refractivity (Wildman–Crippen MR) is 62.8 cm³/mol. The van der Waals surface area contributed by atoms with Crippen LogP contribution in [0.1, 0.15) is 11.3 Å². The van der Waals surface area contributed by atoms with Gasteiger partial charge in [0.1, 0.15) is 0 Å². The monoisotopic (exact) mass is 223 g/mol. The van der Waals surface area contributed by atoms with Crippen LogP contribution in [0.2, 0.25) is 0 Å². The Morgan fingerprint density at radius 1 is 1.13 bits per heavy atom. The van der Waals surface area contributed by atoms with Crippen molar-refractivity contribution in [3.8, 4) is 0 Å². The van der Waals surface area contributed by atoms with Gasteiger partial charge in [-0.15, -0.1) is 12.4 Å². The van der Waals surface area contributed by atoms with Gasteiger partial charge in [0, 0.05) is 25.0 Å². The smallest absolute Gasteiger partial charge is 0.0922 e. The zero-order valence-corrected chi connectivity index (χ0v) is 9.13. The standard InChI is InChI=1S/C11H13N3.ClH/c1-2-4-10(5-3-1)6-12-7-11-8-13-9-14-11;/h1-5,8-9,12H,6-7H2,(H,13,14);1H. The van der Waals surface area contributed by atoms with Gasteiger partial charge >= 0.3 is 0 Å². The van der Waals surface area contributed by atoms with Gasteiger partial charge in [-0.1, -0.05) is 30.3 Å². The Labute approximate surface area is 95.4 Å². The first kappa shape index (κ1) is 11.8. The molecule has 0 aliphatic heterocycles. The molecule has 0 saturated heterocycles. The Bertz CT molecular complexity index is 359. The number of halogens is 1. The zero-order valence-electron chi connectivity index (χ0n) is 8.31. The fraction of sp³-hybridized carbons (Fsp3) is 0.182. The molecule has 0 aliphatic carbocycles. The molecule has 0 unspecified atom stereocenters. The molecule has 2 rings (SSSR count). The minimum atomic E-state index is 0. The number of aromatic amines is 1. The summed E-state index contributed by atoms with van der Waals surface area (Å²) in [6.07, 6.45) is 3.53. The number of nitrogens with one attached hydrogen (secondary N) is 2. The summed E-state index contributed by atoms with van der Waals surface area (Å²) in [6, 6.07) is 10.3. The molecule has 0 aliphatic rings. The van der Waals surface area contributed by atoms with Crippen LogP contribution >= 0.6 is 12.4 Å². The van der Waals surface area contributed by atoms with Crippen molar-refractivity contribution in [2.24, 2.45) is 0 Å². The molecule has 0 bridgehead atoms. The van der Waals surface area contributed by atoms with E-state index >= 15 is 0 Å². The summed E-state index contributed by atoms with van der Waals surface area (Å²) in [5.41, 5.74) is 2.41. The van der Waals surface area contributed by atoms with Crippen LogP contribution in [0.15, 0.2) is 42.9 Å². The van der Waals surface area contributed by atoms with Crippen molar-refractivity contribution in [2.45, 2.75) is 13.1 Å². The van der Waals surface area contributed by atoms with Crippen LogP contribution in [0.25, 0.3) is 0 Å². The summed E-state index contributed by atoms with van der Waals surface area (Å²) < 4.78 is 0. The number of rotatable bonds is 4. The summed E-state index contributed by atoms with van der Waals surface area (Å²) in [7, 11) is 0. The fourth-order valence-corrected chi connectivity index (χ4v) is 1.32. The Kier molecular flexibility index (Phi) is 4.87. The van der Waals surface area contributed by atoms with Crippen molar-refractivity contribution in [1.82, 2.24) is 15.3 Å². The second-order valence-corrected chi connectivity index (χ2v) is 3.17. The number of benzene rings is 1. The van der Waals surface area contributed by atoms with Crippen LogP contribution in [0.5, 0.6) is 0 Å². The number of hydrogen-bond acceptors (Lipinski definition) is 2. The number of imidazole rings is 1. The second kappa shape index (κ2) is 6.22. The van der Waals surface area contributed by atoms with Crippen LogP contribution < -0.4 is 5.32 Å². The number of H-pyrrole nitrogens is 1. The Morgan fingerprint density at radius 2 is 1.93 bits per heavy atom. The molecule has 0 amide bonds. The van der Waals surface area contributed by atoms with E-state index in [1.54, 1.807) is 6.33 Å². The highest BCUT2D eigenvalue weighted by Crippen LogP contribution is 1.98. The molecular weight excluding hydrogens is 210 g/mol.